The fraction of sp³-hybridized carbons (Fsp3) is 0.160. The number of phenols is 1. The summed E-state index contributed by atoms with van der Waals surface area (Å²) in [6, 6.07) is 18.9. The summed E-state index contributed by atoms with van der Waals surface area (Å²) in [5.74, 6) is -2.16. The fourth-order valence-electron chi connectivity index (χ4n) is 3.18. The third-order valence-corrected chi connectivity index (χ3v) is 5.28. The highest BCUT2D eigenvalue weighted by molar-refractivity contribution is 6.34. The second-order valence-electron chi connectivity index (χ2n) is 7.53. The molecule has 8 nitrogen and oxygen atoms in total. The third kappa shape index (κ3) is 7.06. The average Bonchev–Trinajstić information content (AvgIpc) is 2.82. The molecule has 0 aliphatic heterocycles. The first kappa shape index (κ1) is 24.8. The molecule has 0 radical (unpaired) electrons. The lowest BCUT2D eigenvalue weighted by Gasteiger charge is -2.16. The van der Waals surface area contributed by atoms with E-state index in [0.717, 1.165) is 11.1 Å². The van der Waals surface area contributed by atoms with E-state index < -0.39 is 23.8 Å². The molecule has 34 heavy (non-hydrogen) atoms. The fourth-order valence-corrected chi connectivity index (χ4v) is 3.45. The lowest BCUT2D eigenvalue weighted by Crippen LogP contribution is -2.47. The molecule has 0 saturated heterocycles. The molecule has 0 aromatic heterocycles. The summed E-state index contributed by atoms with van der Waals surface area (Å²) >= 11 is 6.22. The maximum absolute atomic E-state index is 12.6. The van der Waals surface area contributed by atoms with Gasteiger partial charge in [0.25, 0.3) is 11.8 Å². The number of amides is 2. The second kappa shape index (κ2) is 11.8. The number of hydrogen-bond acceptors (Lipinski definition) is 5. The van der Waals surface area contributed by atoms with Crippen molar-refractivity contribution in [2.45, 2.75) is 19.1 Å². The van der Waals surface area contributed by atoms with E-state index in [1.165, 1.54) is 30.3 Å². The van der Waals surface area contributed by atoms with Crippen LogP contribution in [-0.4, -0.2) is 40.6 Å². The van der Waals surface area contributed by atoms with Crippen molar-refractivity contribution in [2.75, 3.05) is 6.54 Å². The number of aromatic hydroxyl groups is 1. The summed E-state index contributed by atoms with van der Waals surface area (Å²) in [4.78, 5) is 36.6. The number of carboxylic acid groups (broad SMARTS) is 1. The minimum Gasteiger partial charge on any atom is -0.508 e. The van der Waals surface area contributed by atoms with Crippen LogP contribution in [0.1, 0.15) is 31.8 Å². The van der Waals surface area contributed by atoms with Crippen LogP contribution >= 0.6 is 11.6 Å². The van der Waals surface area contributed by atoms with E-state index >= 15 is 0 Å². The number of hydrogen-bond donors (Lipinski definition) is 5. The van der Waals surface area contributed by atoms with Crippen LogP contribution in [-0.2, 0) is 17.9 Å². The molecule has 3 aromatic carbocycles. The Morgan fingerprint density at radius 1 is 0.853 bits per heavy atom. The third-order valence-electron chi connectivity index (χ3n) is 4.96. The molecule has 0 aliphatic carbocycles. The van der Waals surface area contributed by atoms with Gasteiger partial charge in [0.05, 0.1) is 10.6 Å². The molecule has 0 heterocycles. The summed E-state index contributed by atoms with van der Waals surface area (Å²) in [7, 11) is 0. The predicted molar refractivity (Wildman–Crippen MR) is 128 cm³/mol. The number of aliphatic carboxylic acids is 1. The quantitative estimate of drug-likeness (QED) is 0.303. The van der Waals surface area contributed by atoms with Gasteiger partial charge < -0.3 is 26.2 Å². The summed E-state index contributed by atoms with van der Waals surface area (Å²) in [5.41, 5.74) is 2.00. The van der Waals surface area contributed by atoms with E-state index in [2.05, 4.69) is 16.0 Å². The van der Waals surface area contributed by atoms with Crippen molar-refractivity contribution in [3.05, 3.63) is 100 Å². The van der Waals surface area contributed by atoms with Crippen LogP contribution in [0.25, 0.3) is 0 Å². The van der Waals surface area contributed by atoms with Crippen LogP contribution in [0.5, 0.6) is 5.75 Å². The van der Waals surface area contributed by atoms with Gasteiger partial charge in [0.15, 0.2) is 0 Å². The first-order valence-electron chi connectivity index (χ1n) is 10.5. The van der Waals surface area contributed by atoms with Gasteiger partial charge in [-0.2, -0.15) is 0 Å². The molecular weight excluding hydrogens is 458 g/mol. The molecule has 3 rings (SSSR count). The predicted octanol–water partition coefficient (Wildman–Crippen LogP) is 2.95. The van der Waals surface area contributed by atoms with E-state index in [4.69, 9.17) is 11.6 Å². The summed E-state index contributed by atoms with van der Waals surface area (Å²) in [6.45, 7) is 0.667. The molecule has 9 heteroatoms. The Labute approximate surface area is 201 Å². The Hall–Kier alpha value is -3.88. The molecule has 0 unspecified atom stereocenters. The highest BCUT2D eigenvalue weighted by atomic mass is 35.5. The molecule has 0 fully saturated rings. The van der Waals surface area contributed by atoms with E-state index in [9.17, 15) is 24.6 Å². The summed E-state index contributed by atoms with van der Waals surface area (Å²) in [5, 5.41) is 27.2. The molecule has 176 valence electrons. The molecule has 0 aliphatic rings. The zero-order chi connectivity index (χ0) is 24.5. The van der Waals surface area contributed by atoms with Crippen molar-refractivity contribution < 1.29 is 24.6 Å². The van der Waals surface area contributed by atoms with E-state index in [1.54, 1.807) is 12.1 Å². The molecule has 0 saturated carbocycles. The smallest absolute Gasteiger partial charge is 0.327 e. The van der Waals surface area contributed by atoms with Gasteiger partial charge >= 0.3 is 5.97 Å². The van der Waals surface area contributed by atoms with Crippen molar-refractivity contribution in [2.24, 2.45) is 0 Å². The highest BCUT2D eigenvalue weighted by Crippen LogP contribution is 2.19. The molecule has 2 amide bonds. The Morgan fingerprint density at radius 2 is 1.59 bits per heavy atom. The monoisotopic (exact) mass is 481 g/mol. The van der Waals surface area contributed by atoms with Gasteiger partial charge in [-0.1, -0.05) is 54.1 Å². The largest absolute Gasteiger partial charge is 0.508 e. The minimum atomic E-state index is -1.19. The van der Waals surface area contributed by atoms with Crippen molar-refractivity contribution in [3.63, 3.8) is 0 Å². The first-order valence-corrected chi connectivity index (χ1v) is 10.8. The Kier molecular flexibility index (Phi) is 8.61. The normalized spacial score (nSPS) is 11.4. The van der Waals surface area contributed by atoms with Gasteiger partial charge in [-0.25, -0.2) is 4.79 Å². The summed E-state index contributed by atoms with van der Waals surface area (Å²) in [6.07, 6.45) is 0. The highest BCUT2D eigenvalue weighted by Gasteiger charge is 2.22. The summed E-state index contributed by atoms with van der Waals surface area (Å²) < 4.78 is 0. The van der Waals surface area contributed by atoms with Crippen LogP contribution in [0.15, 0.2) is 72.8 Å². The van der Waals surface area contributed by atoms with Gasteiger partial charge in [-0.3, -0.25) is 9.59 Å². The SMILES string of the molecule is O=C(NCc1cccc(O)c1)c1ccc(C(=O)N[C@@H](CNCc2ccccc2)C(=O)O)c(Cl)c1. The molecule has 0 bridgehead atoms. The number of phenolic OH excluding ortho intramolecular Hbond substituents is 1. The molecule has 3 aromatic rings. The van der Waals surface area contributed by atoms with Crippen molar-refractivity contribution >= 4 is 29.4 Å². The van der Waals surface area contributed by atoms with Gasteiger partial charge in [0, 0.05) is 25.2 Å². The Bertz CT molecular complexity index is 1170. The standard InChI is InChI=1S/C25H24ClN3O5/c26-21-12-18(23(31)28-14-17-7-4-8-19(30)11-17)9-10-20(21)24(32)29-22(25(33)34)15-27-13-16-5-2-1-3-6-16/h1-12,22,27,30H,13-15H2,(H,28,31)(H,29,32)(H,33,34)/t22-/m0/s1. The molecule has 1 atom stereocenters. The minimum absolute atomic E-state index is 0.0170. The van der Waals surface area contributed by atoms with E-state index in [-0.39, 0.29) is 35.0 Å². The first-order chi connectivity index (χ1) is 16.3. The van der Waals surface area contributed by atoms with Gasteiger partial charge in [-0.15, -0.1) is 0 Å². The van der Waals surface area contributed by atoms with Gasteiger partial charge in [0.2, 0.25) is 0 Å². The number of carbonyl (C=O) groups excluding carboxylic acids is 2. The molecule has 5 N–H and O–H groups in total. The zero-order valence-electron chi connectivity index (χ0n) is 18.1. The average molecular weight is 482 g/mol. The van der Waals surface area contributed by atoms with Crippen molar-refractivity contribution in [3.8, 4) is 5.75 Å². The Morgan fingerprint density at radius 3 is 2.26 bits per heavy atom. The number of nitrogens with one attached hydrogen (secondary N) is 3. The Balaban J connectivity index is 1.58. The van der Waals surface area contributed by atoms with E-state index in [1.807, 2.05) is 30.3 Å². The second-order valence-corrected chi connectivity index (χ2v) is 7.94. The number of rotatable bonds is 10. The topological polar surface area (TPSA) is 128 Å². The van der Waals surface area contributed by atoms with Crippen LogP contribution in [0.2, 0.25) is 5.02 Å². The molecule has 0 spiro atoms. The van der Waals surface area contributed by atoms with Crippen molar-refractivity contribution in [1.82, 2.24) is 16.0 Å². The number of carbonyl (C=O) groups is 3. The number of benzene rings is 3. The zero-order valence-corrected chi connectivity index (χ0v) is 18.9. The van der Waals surface area contributed by atoms with Gasteiger partial charge in [0.1, 0.15) is 11.8 Å². The molecular formula is C25H24ClN3O5. The van der Waals surface area contributed by atoms with Crippen LogP contribution in [0.4, 0.5) is 0 Å². The van der Waals surface area contributed by atoms with Gasteiger partial charge in [-0.05, 0) is 41.5 Å². The van der Waals surface area contributed by atoms with Crippen molar-refractivity contribution in [1.29, 1.82) is 0 Å². The van der Waals surface area contributed by atoms with Crippen LogP contribution < -0.4 is 16.0 Å². The number of carboxylic acids is 1. The maximum atomic E-state index is 12.6. The van der Waals surface area contributed by atoms with E-state index in [0.29, 0.717) is 6.54 Å². The maximum Gasteiger partial charge on any atom is 0.327 e. The van der Waals surface area contributed by atoms with Crippen LogP contribution in [0.3, 0.4) is 0 Å². The number of halogens is 1. The lowest BCUT2D eigenvalue weighted by molar-refractivity contribution is -0.139. The van der Waals surface area contributed by atoms with Crippen LogP contribution in [0, 0.1) is 0 Å². The lowest BCUT2D eigenvalue weighted by atomic mass is 10.1.